The summed E-state index contributed by atoms with van der Waals surface area (Å²) in [5, 5.41) is 8.16. The first kappa shape index (κ1) is 15.7. The van der Waals surface area contributed by atoms with Crippen LogP contribution in [0.2, 0.25) is 0 Å². The summed E-state index contributed by atoms with van der Waals surface area (Å²) in [6.07, 6.45) is -3.00. The monoisotopic (exact) mass is 305 g/mol. The fourth-order valence-electron chi connectivity index (χ4n) is 2.66. The van der Waals surface area contributed by atoms with Crippen LogP contribution >= 0.6 is 0 Å². The lowest BCUT2D eigenvalue weighted by Gasteiger charge is -2.39. The van der Waals surface area contributed by atoms with Gasteiger partial charge in [-0.25, -0.2) is 4.79 Å². The van der Waals surface area contributed by atoms with Crippen LogP contribution in [0.25, 0.3) is 0 Å². The lowest BCUT2D eigenvalue weighted by Crippen LogP contribution is -2.60. The molecule has 0 atom stereocenters. The van der Waals surface area contributed by atoms with Gasteiger partial charge in [0.25, 0.3) is 0 Å². The van der Waals surface area contributed by atoms with Gasteiger partial charge in [-0.15, -0.1) is 0 Å². The molecule has 2 N–H and O–H groups in total. The summed E-state index contributed by atoms with van der Waals surface area (Å²) in [4.78, 5) is 11.9. The summed E-state index contributed by atoms with van der Waals surface area (Å²) in [7, 11) is 0. The average molecular weight is 305 g/mol. The van der Waals surface area contributed by atoms with Gasteiger partial charge in [0.2, 0.25) is 0 Å². The highest BCUT2D eigenvalue weighted by Gasteiger charge is 2.55. The number of alkyl halides is 3. The minimum absolute atomic E-state index is 0.0917. The third-order valence-corrected chi connectivity index (χ3v) is 3.87. The normalized spacial score (nSPS) is 18.3. The molecule has 1 aromatic heterocycles. The van der Waals surface area contributed by atoms with Crippen LogP contribution in [0.4, 0.5) is 23.7 Å². The molecule has 5 nitrogen and oxygen atoms in total. The van der Waals surface area contributed by atoms with E-state index in [1.54, 1.807) is 13.8 Å². The van der Waals surface area contributed by atoms with Gasteiger partial charge in [0, 0.05) is 0 Å². The van der Waals surface area contributed by atoms with E-state index in [0.29, 0.717) is 30.0 Å². The van der Waals surface area contributed by atoms with Gasteiger partial charge in [-0.3, -0.25) is 0 Å². The molecule has 118 valence electrons. The topological polar surface area (TPSA) is 67.2 Å². The van der Waals surface area contributed by atoms with Gasteiger partial charge in [-0.2, -0.15) is 13.2 Å². The smallest absolute Gasteiger partial charge is 0.359 e. The van der Waals surface area contributed by atoms with E-state index in [2.05, 4.69) is 15.8 Å². The molecule has 0 aromatic carbocycles. The van der Waals surface area contributed by atoms with E-state index >= 15 is 0 Å². The Balaban J connectivity index is 2.12. The Morgan fingerprint density at radius 2 is 1.86 bits per heavy atom. The number of aryl methyl sites for hydroxylation is 2. The Morgan fingerprint density at radius 3 is 2.33 bits per heavy atom. The van der Waals surface area contributed by atoms with Crippen LogP contribution in [0.1, 0.15) is 43.6 Å². The number of urea groups is 1. The molecule has 21 heavy (non-hydrogen) atoms. The van der Waals surface area contributed by atoms with Crippen molar-refractivity contribution in [1.82, 2.24) is 10.5 Å². The van der Waals surface area contributed by atoms with Gasteiger partial charge in [0.05, 0.1) is 0 Å². The molecule has 0 spiro atoms. The number of nitrogens with one attached hydrogen (secondary N) is 2. The Bertz CT molecular complexity index is 500. The van der Waals surface area contributed by atoms with Crippen LogP contribution in [0.5, 0.6) is 0 Å². The second kappa shape index (κ2) is 5.57. The van der Waals surface area contributed by atoms with E-state index in [1.807, 2.05) is 0 Å². The second-order valence-corrected chi connectivity index (χ2v) is 5.42. The zero-order chi connectivity index (χ0) is 15.7. The van der Waals surface area contributed by atoms with Gasteiger partial charge < -0.3 is 15.2 Å². The zero-order valence-electron chi connectivity index (χ0n) is 11.9. The summed E-state index contributed by atoms with van der Waals surface area (Å²) >= 11 is 0. The van der Waals surface area contributed by atoms with Crippen molar-refractivity contribution in [3.8, 4) is 0 Å². The van der Waals surface area contributed by atoms with Crippen LogP contribution in [0.15, 0.2) is 4.52 Å². The molecule has 1 aromatic rings. The first-order valence-corrected chi connectivity index (χ1v) is 6.84. The highest BCUT2D eigenvalue weighted by atomic mass is 19.4. The molecular formula is C13H18F3N3O2. The number of aromatic nitrogens is 1. The highest BCUT2D eigenvalue weighted by molar-refractivity contribution is 5.90. The summed E-state index contributed by atoms with van der Waals surface area (Å²) < 4.78 is 44.8. The molecule has 1 aliphatic carbocycles. The van der Waals surface area contributed by atoms with Gasteiger partial charge in [-0.05, 0) is 26.7 Å². The number of hydrogen-bond donors (Lipinski definition) is 2. The maximum absolute atomic E-state index is 13.3. The van der Waals surface area contributed by atoms with Crippen LogP contribution < -0.4 is 10.6 Å². The number of anilines is 1. The molecule has 2 amide bonds. The van der Waals surface area contributed by atoms with Crippen molar-refractivity contribution in [3.63, 3.8) is 0 Å². The lowest BCUT2D eigenvalue weighted by molar-refractivity contribution is -0.201. The number of nitrogens with zero attached hydrogens (tertiary/aromatic N) is 1. The van der Waals surface area contributed by atoms with Crippen molar-refractivity contribution in [2.75, 3.05) is 5.32 Å². The fourth-order valence-corrected chi connectivity index (χ4v) is 2.66. The van der Waals surface area contributed by atoms with Gasteiger partial charge in [-0.1, -0.05) is 24.4 Å². The Kier molecular flexibility index (Phi) is 4.15. The zero-order valence-corrected chi connectivity index (χ0v) is 11.9. The number of carbonyl (C=O) groups is 1. The molecule has 1 saturated carbocycles. The Hall–Kier alpha value is -1.73. The van der Waals surface area contributed by atoms with E-state index < -0.39 is 17.7 Å². The van der Waals surface area contributed by atoms with E-state index in [-0.39, 0.29) is 12.8 Å². The third-order valence-electron chi connectivity index (χ3n) is 3.87. The van der Waals surface area contributed by atoms with Gasteiger partial charge >= 0.3 is 12.2 Å². The van der Waals surface area contributed by atoms with Crippen LogP contribution in [0.3, 0.4) is 0 Å². The number of carbonyl (C=O) groups excluding carboxylic acids is 1. The first-order chi connectivity index (χ1) is 9.75. The SMILES string of the molecule is Cc1noc(C)c1NC(=O)NC1(C(F)(F)F)CCCCC1. The van der Waals surface area contributed by atoms with Crippen molar-refractivity contribution < 1.29 is 22.5 Å². The average Bonchev–Trinajstić information content (AvgIpc) is 2.70. The molecule has 0 saturated heterocycles. The van der Waals surface area contributed by atoms with E-state index in [4.69, 9.17) is 4.52 Å². The number of rotatable bonds is 2. The minimum atomic E-state index is -4.47. The summed E-state index contributed by atoms with van der Waals surface area (Å²) in [6.45, 7) is 3.18. The van der Waals surface area contributed by atoms with Gasteiger partial charge in [0.1, 0.15) is 16.9 Å². The summed E-state index contributed by atoms with van der Waals surface area (Å²) in [5.74, 6) is 0.354. The summed E-state index contributed by atoms with van der Waals surface area (Å²) in [5.41, 5.74) is -1.41. The van der Waals surface area contributed by atoms with Crippen molar-refractivity contribution >= 4 is 11.7 Å². The van der Waals surface area contributed by atoms with Crippen LogP contribution in [-0.4, -0.2) is 22.9 Å². The quantitative estimate of drug-likeness (QED) is 0.876. The van der Waals surface area contributed by atoms with Crippen LogP contribution in [0, 0.1) is 13.8 Å². The van der Waals surface area contributed by atoms with E-state index in [0.717, 1.165) is 6.42 Å². The molecule has 0 bridgehead atoms. The van der Waals surface area contributed by atoms with Crippen molar-refractivity contribution in [3.05, 3.63) is 11.5 Å². The van der Waals surface area contributed by atoms with Crippen molar-refractivity contribution in [2.45, 2.75) is 57.7 Å². The molecule has 1 heterocycles. The molecular weight excluding hydrogens is 287 g/mol. The molecule has 1 fully saturated rings. The predicted octanol–water partition coefficient (Wildman–Crippen LogP) is 3.68. The molecule has 0 radical (unpaired) electrons. The first-order valence-electron chi connectivity index (χ1n) is 6.84. The predicted molar refractivity (Wildman–Crippen MR) is 70.0 cm³/mol. The molecule has 0 aliphatic heterocycles. The highest BCUT2D eigenvalue weighted by Crippen LogP contribution is 2.41. The second-order valence-electron chi connectivity index (χ2n) is 5.42. The minimum Gasteiger partial charge on any atom is -0.359 e. The fraction of sp³-hybridized carbons (Fsp3) is 0.692. The maximum atomic E-state index is 13.3. The standard InChI is InChI=1S/C13H18F3N3O2/c1-8-10(9(2)21-19-8)17-11(20)18-12(13(14,15)16)6-4-3-5-7-12/h3-7H2,1-2H3,(H2,17,18,20). The Morgan fingerprint density at radius 1 is 1.24 bits per heavy atom. The summed E-state index contributed by atoms with van der Waals surface area (Å²) in [6, 6.07) is -0.886. The molecule has 1 aliphatic rings. The molecule has 0 unspecified atom stereocenters. The van der Waals surface area contributed by atoms with Crippen molar-refractivity contribution in [2.24, 2.45) is 0 Å². The van der Waals surface area contributed by atoms with E-state index in [9.17, 15) is 18.0 Å². The van der Waals surface area contributed by atoms with Crippen LogP contribution in [-0.2, 0) is 0 Å². The van der Waals surface area contributed by atoms with Crippen molar-refractivity contribution in [1.29, 1.82) is 0 Å². The molecule has 8 heteroatoms. The maximum Gasteiger partial charge on any atom is 0.411 e. The van der Waals surface area contributed by atoms with E-state index in [1.165, 1.54) is 0 Å². The number of amides is 2. The van der Waals surface area contributed by atoms with Gasteiger partial charge in [0.15, 0.2) is 5.76 Å². The lowest BCUT2D eigenvalue weighted by atomic mass is 9.81. The third kappa shape index (κ3) is 3.14. The largest absolute Gasteiger partial charge is 0.411 e. The number of halogens is 3. The number of hydrogen-bond acceptors (Lipinski definition) is 3. The molecule has 2 rings (SSSR count). The Labute approximate surface area is 120 Å².